The Kier molecular flexibility index (Phi) is 6.77. The van der Waals surface area contributed by atoms with E-state index < -0.39 is 0 Å². The number of furan rings is 1. The molecule has 3 rings (SSSR count). The van der Waals surface area contributed by atoms with Gasteiger partial charge >= 0.3 is 0 Å². The first kappa shape index (κ1) is 20.7. The van der Waals surface area contributed by atoms with Crippen molar-refractivity contribution in [2.45, 2.75) is 18.2 Å². The first-order valence-electron chi connectivity index (χ1n) is 9.40. The molecule has 2 aromatic carbocycles. The molecular formula is C23H24N2O3S. The molecule has 150 valence electrons. The van der Waals surface area contributed by atoms with Gasteiger partial charge in [-0.15, -0.1) is 11.8 Å². The molecule has 3 aromatic rings. The van der Waals surface area contributed by atoms with E-state index in [0.29, 0.717) is 0 Å². The van der Waals surface area contributed by atoms with Crippen LogP contribution in [0.5, 0.6) is 0 Å². The van der Waals surface area contributed by atoms with Crippen molar-refractivity contribution in [2.75, 3.05) is 25.2 Å². The second kappa shape index (κ2) is 9.47. The number of likely N-dealkylation sites (N-methyl/N-ethyl adjacent to an activating group) is 1. The van der Waals surface area contributed by atoms with Crippen LogP contribution < -0.4 is 5.32 Å². The maximum Gasteiger partial charge on any atom is 0.246 e. The van der Waals surface area contributed by atoms with Gasteiger partial charge in [0.05, 0.1) is 12.2 Å². The zero-order valence-corrected chi connectivity index (χ0v) is 17.6. The number of fused-ring (bicyclic) bond motifs is 1. The highest BCUT2D eigenvalue weighted by molar-refractivity contribution is 7.98. The summed E-state index contributed by atoms with van der Waals surface area (Å²) in [5.74, 6) is 0.355. The van der Waals surface area contributed by atoms with Gasteiger partial charge in [0.1, 0.15) is 11.3 Å². The van der Waals surface area contributed by atoms with E-state index in [4.69, 9.17) is 4.42 Å². The summed E-state index contributed by atoms with van der Waals surface area (Å²) in [6, 6.07) is 15.3. The van der Waals surface area contributed by atoms with Crippen LogP contribution in [0.15, 0.2) is 63.9 Å². The van der Waals surface area contributed by atoms with E-state index in [2.05, 4.69) is 5.32 Å². The minimum absolute atomic E-state index is 0.0291. The lowest BCUT2D eigenvalue weighted by Gasteiger charge is -2.15. The van der Waals surface area contributed by atoms with E-state index in [9.17, 15) is 9.59 Å². The molecule has 2 amide bonds. The quantitative estimate of drug-likeness (QED) is 0.449. The van der Waals surface area contributed by atoms with E-state index >= 15 is 0 Å². The lowest BCUT2D eigenvalue weighted by molar-refractivity contribution is -0.129. The minimum Gasteiger partial charge on any atom is -0.460 e. The molecule has 0 unspecified atom stereocenters. The summed E-state index contributed by atoms with van der Waals surface area (Å²) in [4.78, 5) is 27.2. The van der Waals surface area contributed by atoms with Crippen LogP contribution in [0.4, 0.5) is 5.69 Å². The Bertz CT molecular complexity index is 1060. The third-order valence-electron chi connectivity index (χ3n) is 4.56. The second-order valence-corrected chi connectivity index (χ2v) is 7.41. The highest BCUT2D eigenvalue weighted by Gasteiger charge is 2.14. The Hall–Kier alpha value is -2.99. The van der Waals surface area contributed by atoms with Crippen molar-refractivity contribution in [1.29, 1.82) is 0 Å². The number of para-hydroxylation sites is 2. The fraction of sp³-hybridized carbons (Fsp3) is 0.217. The van der Waals surface area contributed by atoms with Crippen LogP contribution in [-0.2, 0) is 16.0 Å². The fourth-order valence-electron chi connectivity index (χ4n) is 3.07. The zero-order chi connectivity index (χ0) is 20.8. The summed E-state index contributed by atoms with van der Waals surface area (Å²) in [6.07, 6.45) is 5.94. The summed E-state index contributed by atoms with van der Waals surface area (Å²) >= 11 is 1.56. The number of rotatable bonds is 7. The fourth-order valence-corrected chi connectivity index (χ4v) is 3.63. The predicted octanol–water partition coefficient (Wildman–Crippen LogP) is 4.83. The number of amides is 2. The van der Waals surface area contributed by atoms with Gasteiger partial charge < -0.3 is 14.6 Å². The predicted molar refractivity (Wildman–Crippen MR) is 119 cm³/mol. The van der Waals surface area contributed by atoms with Crippen molar-refractivity contribution >= 4 is 46.3 Å². The Balaban J connectivity index is 1.67. The van der Waals surface area contributed by atoms with Crippen LogP contribution in [0, 0.1) is 0 Å². The molecule has 0 aliphatic heterocycles. The summed E-state index contributed by atoms with van der Waals surface area (Å²) < 4.78 is 5.85. The standard InChI is InChI=1S/C23H24N2O3S/c1-4-19-17(16-9-5-7-11-20(16)28-19)13-14-23(27)25(2)15-22(26)24-18-10-6-8-12-21(18)29-3/h5-14H,4,15H2,1-3H3,(H,24,26)/b14-13+. The summed E-state index contributed by atoms with van der Waals surface area (Å²) in [7, 11) is 1.61. The van der Waals surface area contributed by atoms with Crippen LogP contribution in [0.3, 0.4) is 0 Å². The number of aryl methyl sites for hydroxylation is 1. The van der Waals surface area contributed by atoms with E-state index in [1.54, 1.807) is 24.9 Å². The number of nitrogens with one attached hydrogen (secondary N) is 1. The van der Waals surface area contributed by atoms with Gasteiger partial charge in [-0.25, -0.2) is 0 Å². The Morgan fingerprint density at radius 1 is 1.14 bits per heavy atom. The Labute approximate surface area is 174 Å². The highest BCUT2D eigenvalue weighted by atomic mass is 32.2. The average molecular weight is 409 g/mol. The smallest absolute Gasteiger partial charge is 0.246 e. The van der Waals surface area contributed by atoms with Gasteiger partial charge in [0.15, 0.2) is 0 Å². The molecule has 0 radical (unpaired) electrons. The normalized spacial score (nSPS) is 11.1. The van der Waals surface area contributed by atoms with Crippen molar-refractivity contribution in [3.05, 3.63) is 65.9 Å². The molecule has 29 heavy (non-hydrogen) atoms. The molecule has 0 aliphatic carbocycles. The van der Waals surface area contributed by atoms with E-state index in [1.807, 2.05) is 61.7 Å². The number of hydrogen-bond donors (Lipinski definition) is 1. The van der Waals surface area contributed by atoms with Crippen LogP contribution in [0.2, 0.25) is 0 Å². The number of benzene rings is 2. The maximum absolute atomic E-state index is 12.5. The van der Waals surface area contributed by atoms with Gasteiger partial charge in [0, 0.05) is 35.4 Å². The van der Waals surface area contributed by atoms with Crippen LogP contribution >= 0.6 is 11.8 Å². The number of carbonyl (C=O) groups is 2. The monoisotopic (exact) mass is 408 g/mol. The third kappa shape index (κ3) is 4.90. The number of thioether (sulfide) groups is 1. The average Bonchev–Trinajstić information content (AvgIpc) is 3.10. The number of anilines is 1. The molecule has 6 heteroatoms. The summed E-state index contributed by atoms with van der Waals surface area (Å²) in [5.41, 5.74) is 2.46. The Morgan fingerprint density at radius 3 is 2.62 bits per heavy atom. The van der Waals surface area contributed by atoms with Gasteiger partial charge in [0.25, 0.3) is 0 Å². The number of nitrogens with zero attached hydrogens (tertiary/aromatic N) is 1. The summed E-state index contributed by atoms with van der Waals surface area (Å²) in [5, 5.41) is 3.84. The molecule has 1 N–H and O–H groups in total. The molecular weight excluding hydrogens is 384 g/mol. The molecule has 0 bridgehead atoms. The molecule has 0 spiro atoms. The van der Waals surface area contributed by atoms with Crippen molar-refractivity contribution in [3.8, 4) is 0 Å². The lowest BCUT2D eigenvalue weighted by Crippen LogP contribution is -2.33. The second-order valence-electron chi connectivity index (χ2n) is 6.56. The first-order valence-corrected chi connectivity index (χ1v) is 10.6. The van der Waals surface area contributed by atoms with Gasteiger partial charge in [-0.1, -0.05) is 37.3 Å². The van der Waals surface area contributed by atoms with Crippen molar-refractivity contribution in [3.63, 3.8) is 0 Å². The minimum atomic E-state index is -0.245. The number of carbonyl (C=O) groups excluding carboxylic acids is 2. The summed E-state index contributed by atoms with van der Waals surface area (Å²) in [6.45, 7) is 1.98. The van der Waals surface area contributed by atoms with Gasteiger partial charge in [-0.2, -0.15) is 0 Å². The largest absolute Gasteiger partial charge is 0.460 e. The highest BCUT2D eigenvalue weighted by Crippen LogP contribution is 2.27. The number of hydrogen-bond acceptors (Lipinski definition) is 4. The molecule has 0 fully saturated rings. The van der Waals surface area contributed by atoms with Crippen molar-refractivity contribution < 1.29 is 14.0 Å². The van der Waals surface area contributed by atoms with Gasteiger partial charge in [-0.05, 0) is 30.5 Å². The SMILES string of the molecule is CCc1oc2ccccc2c1/C=C/C(=O)N(C)CC(=O)Nc1ccccc1SC. The van der Waals surface area contributed by atoms with Crippen LogP contribution in [-0.4, -0.2) is 36.6 Å². The molecule has 0 atom stereocenters. The molecule has 5 nitrogen and oxygen atoms in total. The molecule has 0 aliphatic rings. The topological polar surface area (TPSA) is 62.6 Å². The molecule has 0 saturated heterocycles. The molecule has 1 aromatic heterocycles. The van der Waals surface area contributed by atoms with Crippen LogP contribution in [0.1, 0.15) is 18.2 Å². The van der Waals surface area contributed by atoms with Crippen molar-refractivity contribution in [2.24, 2.45) is 0 Å². The van der Waals surface area contributed by atoms with E-state index in [0.717, 1.165) is 39.3 Å². The van der Waals surface area contributed by atoms with Crippen LogP contribution in [0.25, 0.3) is 17.0 Å². The first-order chi connectivity index (χ1) is 14.0. The molecule has 1 heterocycles. The maximum atomic E-state index is 12.5. The lowest BCUT2D eigenvalue weighted by atomic mass is 10.1. The molecule has 0 saturated carbocycles. The Morgan fingerprint density at radius 2 is 1.86 bits per heavy atom. The van der Waals surface area contributed by atoms with Gasteiger partial charge in [-0.3, -0.25) is 9.59 Å². The van der Waals surface area contributed by atoms with Crippen molar-refractivity contribution in [1.82, 2.24) is 4.90 Å². The zero-order valence-electron chi connectivity index (χ0n) is 16.8. The van der Waals surface area contributed by atoms with E-state index in [-0.39, 0.29) is 18.4 Å². The van der Waals surface area contributed by atoms with Gasteiger partial charge in [0.2, 0.25) is 11.8 Å². The van der Waals surface area contributed by atoms with E-state index in [1.165, 1.54) is 11.0 Å². The third-order valence-corrected chi connectivity index (χ3v) is 5.36.